The Hall–Kier alpha value is -3.34. The number of carbonyl (C=O) groups is 1. The van der Waals surface area contributed by atoms with E-state index in [0.29, 0.717) is 12.1 Å². The number of amides is 1. The normalized spacial score (nSPS) is 13.0. The molecular weight excluding hydrogens is 350 g/mol. The summed E-state index contributed by atoms with van der Waals surface area (Å²) < 4.78 is 5.16. The second-order valence-electron chi connectivity index (χ2n) is 6.85. The number of nitrogens with one attached hydrogen (secondary N) is 1. The number of anilines is 2. The molecule has 3 aromatic rings. The summed E-state index contributed by atoms with van der Waals surface area (Å²) >= 11 is 0. The van der Waals surface area contributed by atoms with E-state index in [2.05, 4.69) is 39.5 Å². The molecule has 1 amide bonds. The lowest BCUT2D eigenvalue weighted by molar-refractivity contribution is 0.0950. The van der Waals surface area contributed by atoms with Crippen molar-refractivity contribution in [2.45, 2.75) is 19.4 Å². The van der Waals surface area contributed by atoms with Crippen molar-refractivity contribution in [3.63, 3.8) is 0 Å². The quantitative estimate of drug-likeness (QED) is 0.731. The van der Waals surface area contributed by atoms with Crippen LogP contribution in [0.15, 0.2) is 67.0 Å². The lowest BCUT2D eigenvalue weighted by atomic mass is 10.0. The van der Waals surface area contributed by atoms with Crippen LogP contribution in [0.2, 0.25) is 0 Å². The van der Waals surface area contributed by atoms with Crippen LogP contribution in [0.5, 0.6) is 5.75 Å². The molecule has 2 aromatic carbocycles. The summed E-state index contributed by atoms with van der Waals surface area (Å²) in [6.07, 6.45) is 5.61. The molecule has 1 aliphatic heterocycles. The second kappa shape index (κ2) is 8.13. The Balaban J connectivity index is 1.48. The van der Waals surface area contributed by atoms with Gasteiger partial charge in [-0.1, -0.05) is 30.3 Å². The number of hydrogen-bond donors (Lipinski definition) is 1. The Morgan fingerprint density at radius 3 is 2.79 bits per heavy atom. The summed E-state index contributed by atoms with van der Waals surface area (Å²) in [6, 6.07) is 18.0. The van der Waals surface area contributed by atoms with Crippen LogP contribution in [-0.2, 0) is 13.0 Å². The van der Waals surface area contributed by atoms with Crippen LogP contribution in [-0.4, -0.2) is 24.5 Å². The number of pyridine rings is 1. The highest BCUT2D eigenvalue weighted by Gasteiger charge is 2.19. The number of fused-ring (bicyclic) bond motifs is 1. The van der Waals surface area contributed by atoms with Gasteiger partial charge in [0.2, 0.25) is 0 Å². The van der Waals surface area contributed by atoms with Crippen molar-refractivity contribution in [2.75, 3.05) is 18.6 Å². The van der Waals surface area contributed by atoms with Gasteiger partial charge in [0.15, 0.2) is 0 Å². The highest BCUT2D eigenvalue weighted by molar-refractivity contribution is 5.95. The van der Waals surface area contributed by atoms with Crippen molar-refractivity contribution in [3.05, 3.63) is 83.7 Å². The number of nitrogens with zero attached hydrogens (tertiary/aromatic N) is 2. The predicted molar refractivity (Wildman–Crippen MR) is 110 cm³/mol. The third-order valence-corrected chi connectivity index (χ3v) is 5.02. The van der Waals surface area contributed by atoms with E-state index in [1.807, 2.05) is 36.5 Å². The Kier molecular flexibility index (Phi) is 5.24. The largest absolute Gasteiger partial charge is 0.497 e. The average Bonchev–Trinajstić information content (AvgIpc) is 2.77. The Labute approximate surface area is 165 Å². The molecule has 5 nitrogen and oxygen atoms in total. The Bertz CT molecular complexity index is 970. The van der Waals surface area contributed by atoms with Crippen LogP contribution in [0.1, 0.15) is 27.9 Å². The van der Waals surface area contributed by atoms with E-state index in [0.717, 1.165) is 36.4 Å². The molecule has 0 saturated carbocycles. The number of benzene rings is 2. The van der Waals surface area contributed by atoms with Gasteiger partial charge in [-0.05, 0) is 48.2 Å². The standard InChI is InChI=1S/C23H23N3O2/c1-28-21-10-8-17(9-11-21)14-25-23(27)19-13-20(16-24-15-19)26-12-4-6-18-5-2-3-7-22(18)26/h2-3,5,7-11,13,15-16H,4,6,12,14H2,1H3,(H,25,27). The van der Waals surface area contributed by atoms with Crippen molar-refractivity contribution in [1.82, 2.24) is 10.3 Å². The van der Waals surface area contributed by atoms with Gasteiger partial charge in [-0.25, -0.2) is 0 Å². The van der Waals surface area contributed by atoms with Gasteiger partial charge in [-0.3, -0.25) is 9.78 Å². The van der Waals surface area contributed by atoms with E-state index < -0.39 is 0 Å². The van der Waals surface area contributed by atoms with E-state index in [1.165, 1.54) is 11.3 Å². The summed E-state index contributed by atoms with van der Waals surface area (Å²) in [7, 11) is 1.64. The van der Waals surface area contributed by atoms with Gasteiger partial charge < -0.3 is 15.0 Å². The highest BCUT2D eigenvalue weighted by atomic mass is 16.5. The van der Waals surface area contributed by atoms with Gasteiger partial charge in [0.25, 0.3) is 5.91 Å². The fraction of sp³-hybridized carbons (Fsp3) is 0.217. The number of carbonyl (C=O) groups excluding carboxylic acids is 1. The fourth-order valence-electron chi connectivity index (χ4n) is 3.53. The molecule has 0 spiro atoms. The monoisotopic (exact) mass is 373 g/mol. The molecule has 142 valence electrons. The molecule has 0 radical (unpaired) electrons. The molecule has 5 heteroatoms. The van der Waals surface area contributed by atoms with Crippen molar-refractivity contribution in [3.8, 4) is 5.75 Å². The Morgan fingerprint density at radius 2 is 1.96 bits per heavy atom. The minimum Gasteiger partial charge on any atom is -0.497 e. The third-order valence-electron chi connectivity index (χ3n) is 5.02. The molecule has 1 N–H and O–H groups in total. The zero-order chi connectivity index (χ0) is 19.3. The first-order chi connectivity index (χ1) is 13.7. The zero-order valence-electron chi connectivity index (χ0n) is 15.9. The molecule has 0 fully saturated rings. The van der Waals surface area contributed by atoms with Crippen molar-refractivity contribution < 1.29 is 9.53 Å². The van der Waals surface area contributed by atoms with Gasteiger partial charge >= 0.3 is 0 Å². The molecule has 28 heavy (non-hydrogen) atoms. The topological polar surface area (TPSA) is 54.5 Å². The summed E-state index contributed by atoms with van der Waals surface area (Å²) in [5, 5.41) is 2.96. The van der Waals surface area contributed by atoms with Crippen LogP contribution >= 0.6 is 0 Å². The van der Waals surface area contributed by atoms with Gasteiger partial charge in [-0.15, -0.1) is 0 Å². The molecule has 2 heterocycles. The van der Waals surface area contributed by atoms with E-state index in [9.17, 15) is 4.79 Å². The summed E-state index contributed by atoms with van der Waals surface area (Å²) in [5.41, 5.74) is 5.07. The van der Waals surface area contributed by atoms with Crippen LogP contribution in [0.25, 0.3) is 0 Å². The van der Waals surface area contributed by atoms with Crippen LogP contribution < -0.4 is 15.0 Å². The number of ether oxygens (including phenoxy) is 1. The lowest BCUT2D eigenvalue weighted by Crippen LogP contribution is -2.26. The first-order valence-electron chi connectivity index (χ1n) is 9.46. The SMILES string of the molecule is COc1ccc(CNC(=O)c2cncc(N3CCCc4ccccc43)c2)cc1. The number of para-hydroxylation sites is 1. The van der Waals surface area contributed by atoms with Crippen molar-refractivity contribution in [2.24, 2.45) is 0 Å². The minimum absolute atomic E-state index is 0.129. The Morgan fingerprint density at radius 1 is 1.14 bits per heavy atom. The number of methoxy groups -OCH3 is 1. The summed E-state index contributed by atoms with van der Waals surface area (Å²) in [6.45, 7) is 1.38. The average molecular weight is 373 g/mol. The molecule has 0 bridgehead atoms. The number of aryl methyl sites for hydroxylation is 1. The first kappa shape index (κ1) is 18.0. The van der Waals surface area contributed by atoms with E-state index in [-0.39, 0.29) is 5.91 Å². The van der Waals surface area contributed by atoms with Crippen LogP contribution in [0.4, 0.5) is 11.4 Å². The van der Waals surface area contributed by atoms with Gasteiger partial charge in [0, 0.05) is 25.0 Å². The van der Waals surface area contributed by atoms with Crippen molar-refractivity contribution >= 4 is 17.3 Å². The molecule has 1 aliphatic rings. The maximum absolute atomic E-state index is 12.6. The number of aromatic nitrogens is 1. The van der Waals surface area contributed by atoms with Crippen molar-refractivity contribution in [1.29, 1.82) is 0 Å². The first-order valence-corrected chi connectivity index (χ1v) is 9.46. The third kappa shape index (κ3) is 3.83. The molecule has 0 unspecified atom stereocenters. The van der Waals surface area contributed by atoms with E-state index >= 15 is 0 Å². The summed E-state index contributed by atoms with van der Waals surface area (Å²) in [4.78, 5) is 19.2. The maximum Gasteiger partial charge on any atom is 0.253 e. The minimum atomic E-state index is -0.129. The molecule has 0 aliphatic carbocycles. The summed E-state index contributed by atoms with van der Waals surface area (Å²) in [5.74, 6) is 0.671. The van der Waals surface area contributed by atoms with Gasteiger partial charge in [0.05, 0.1) is 24.6 Å². The molecule has 0 atom stereocenters. The predicted octanol–water partition coefficient (Wildman–Crippen LogP) is 4.10. The highest BCUT2D eigenvalue weighted by Crippen LogP contribution is 2.33. The maximum atomic E-state index is 12.6. The number of rotatable bonds is 5. The molecule has 0 saturated heterocycles. The molecule has 4 rings (SSSR count). The van der Waals surface area contributed by atoms with Crippen LogP contribution in [0, 0.1) is 0 Å². The van der Waals surface area contributed by atoms with E-state index in [4.69, 9.17) is 4.74 Å². The van der Waals surface area contributed by atoms with Gasteiger partial charge in [-0.2, -0.15) is 0 Å². The fourth-order valence-corrected chi connectivity index (χ4v) is 3.53. The second-order valence-corrected chi connectivity index (χ2v) is 6.85. The number of hydrogen-bond acceptors (Lipinski definition) is 4. The lowest BCUT2D eigenvalue weighted by Gasteiger charge is -2.31. The van der Waals surface area contributed by atoms with Crippen LogP contribution in [0.3, 0.4) is 0 Å². The molecule has 1 aromatic heterocycles. The van der Waals surface area contributed by atoms with E-state index in [1.54, 1.807) is 13.3 Å². The van der Waals surface area contributed by atoms with Gasteiger partial charge in [0.1, 0.15) is 5.75 Å². The molecular formula is C23H23N3O2. The smallest absolute Gasteiger partial charge is 0.253 e. The zero-order valence-corrected chi connectivity index (χ0v) is 15.9.